The number of rotatable bonds is 7. The molecule has 1 aliphatic heterocycles. The summed E-state index contributed by atoms with van der Waals surface area (Å²) in [7, 11) is 0. The zero-order valence-electron chi connectivity index (χ0n) is 16.7. The molecule has 1 aromatic carbocycles. The molecule has 28 heavy (non-hydrogen) atoms. The fourth-order valence-corrected chi connectivity index (χ4v) is 3.35. The molecular formula is C20H29FN6O. The molecule has 0 bridgehead atoms. The second-order valence-corrected chi connectivity index (χ2v) is 7.09. The molecule has 0 atom stereocenters. The van der Waals surface area contributed by atoms with E-state index in [9.17, 15) is 9.18 Å². The van der Waals surface area contributed by atoms with E-state index in [1.807, 2.05) is 13.0 Å². The molecule has 7 nitrogen and oxygen atoms in total. The first-order valence-electron chi connectivity index (χ1n) is 10.0. The molecule has 0 amide bonds. The number of guanidine groups is 1. The Balaban J connectivity index is 1.51. The molecule has 0 spiro atoms. The van der Waals surface area contributed by atoms with Crippen LogP contribution >= 0.6 is 0 Å². The molecule has 2 heterocycles. The molecular weight excluding hydrogens is 359 g/mol. The van der Waals surface area contributed by atoms with Gasteiger partial charge in [0, 0.05) is 32.6 Å². The summed E-state index contributed by atoms with van der Waals surface area (Å²) in [6.07, 6.45) is 3.82. The molecule has 0 saturated heterocycles. The van der Waals surface area contributed by atoms with Crippen LogP contribution in [0.4, 0.5) is 4.39 Å². The van der Waals surface area contributed by atoms with Gasteiger partial charge in [0.05, 0.1) is 6.54 Å². The Kier molecular flexibility index (Phi) is 6.84. The third kappa shape index (κ3) is 4.99. The first kappa shape index (κ1) is 20.1. The van der Waals surface area contributed by atoms with Gasteiger partial charge in [-0.3, -0.25) is 4.57 Å². The van der Waals surface area contributed by atoms with Crippen molar-refractivity contribution in [2.75, 3.05) is 13.1 Å². The fraction of sp³-hybridized carbons (Fsp3) is 0.550. The van der Waals surface area contributed by atoms with Crippen molar-refractivity contribution in [1.29, 1.82) is 0 Å². The van der Waals surface area contributed by atoms with Crippen LogP contribution in [-0.2, 0) is 26.1 Å². The van der Waals surface area contributed by atoms with Crippen LogP contribution in [0.5, 0.6) is 0 Å². The fourth-order valence-electron chi connectivity index (χ4n) is 3.35. The van der Waals surface area contributed by atoms with E-state index in [1.165, 1.54) is 6.07 Å². The number of aryl methyl sites for hydroxylation is 3. The van der Waals surface area contributed by atoms with Crippen molar-refractivity contribution in [2.24, 2.45) is 4.99 Å². The van der Waals surface area contributed by atoms with Crippen LogP contribution in [0, 0.1) is 12.7 Å². The highest BCUT2D eigenvalue weighted by atomic mass is 19.1. The molecule has 2 N–H and O–H groups in total. The van der Waals surface area contributed by atoms with Crippen molar-refractivity contribution in [1.82, 2.24) is 25.0 Å². The maximum atomic E-state index is 13.4. The second-order valence-electron chi connectivity index (χ2n) is 7.09. The standard InChI is InChI=1S/C20H29FN6O/c1-3-22-19(24-14-16-8-9-17(21)15(2)13-16)23-10-6-12-27-20(28)26-11-5-4-7-18(26)25-27/h8-9,13H,3-7,10-12,14H2,1-2H3,(H2,22,23,24). The van der Waals surface area contributed by atoms with Gasteiger partial charge < -0.3 is 10.6 Å². The number of nitrogens with zero attached hydrogens (tertiary/aromatic N) is 4. The van der Waals surface area contributed by atoms with E-state index in [1.54, 1.807) is 22.2 Å². The van der Waals surface area contributed by atoms with E-state index in [0.717, 1.165) is 50.2 Å². The minimum absolute atomic E-state index is 0.00181. The SMILES string of the molecule is CCNC(=NCc1ccc(F)c(C)c1)NCCCn1nc2n(c1=O)CCCC2. The summed E-state index contributed by atoms with van der Waals surface area (Å²) >= 11 is 0. The highest BCUT2D eigenvalue weighted by Crippen LogP contribution is 2.10. The highest BCUT2D eigenvalue weighted by Gasteiger charge is 2.16. The van der Waals surface area contributed by atoms with Crippen LogP contribution in [0.1, 0.15) is 43.1 Å². The van der Waals surface area contributed by atoms with Gasteiger partial charge in [-0.15, -0.1) is 0 Å². The summed E-state index contributed by atoms with van der Waals surface area (Å²) < 4.78 is 16.8. The van der Waals surface area contributed by atoms with Crippen LogP contribution in [0.2, 0.25) is 0 Å². The number of aromatic nitrogens is 3. The minimum Gasteiger partial charge on any atom is -0.357 e. The third-order valence-corrected chi connectivity index (χ3v) is 4.86. The van der Waals surface area contributed by atoms with Crippen molar-refractivity contribution in [3.8, 4) is 0 Å². The molecule has 0 unspecified atom stereocenters. The van der Waals surface area contributed by atoms with E-state index in [-0.39, 0.29) is 11.5 Å². The minimum atomic E-state index is -0.200. The zero-order chi connectivity index (χ0) is 19.9. The van der Waals surface area contributed by atoms with Gasteiger partial charge in [-0.05, 0) is 50.3 Å². The summed E-state index contributed by atoms with van der Waals surface area (Å²) in [6, 6.07) is 5.04. The maximum absolute atomic E-state index is 13.4. The number of hydrogen-bond donors (Lipinski definition) is 2. The Labute approximate surface area is 164 Å². The Morgan fingerprint density at radius 2 is 2.18 bits per heavy atom. The maximum Gasteiger partial charge on any atom is 0.345 e. The van der Waals surface area contributed by atoms with Gasteiger partial charge in [0.1, 0.15) is 11.6 Å². The van der Waals surface area contributed by atoms with Crippen molar-refractivity contribution in [3.63, 3.8) is 0 Å². The van der Waals surface area contributed by atoms with Crippen LogP contribution in [0.3, 0.4) is 0 Å². The predicted octanol–water partition coefficient (Wildman–Crippen LogP) is 1.97. The summed E-state index contributed by atoms with van der Waals surface area (Å²) in [5.41, 5.74) is 1.59. The Bertz CT molecular complexity index is 885. The number of hydrogen-bond acceptors (Lipinski definition) is 3. The van der Waals surface area contributed by atoms with Crippen LogP contribution in [0.15, 0.2) is 28.0 Å². The highest BCUT2D eigenvalue weighted by molar-refractivity contribution is 5.79. The van der Waals surface area contributed by atoms with Crippen molar-refractivity contribution >= 4 is 5.96 Å². The van der Waals surface area contributed by atoms with Gasteiger partial charge in [0.15, 0.2) is 5.96 Å². The second kappa shape index (κ2) is 9.52. The summed E-state index contributed by atoms with van der Waals surface area (Å²) in [5.74, 6) is 1.42. The first-order chi connectivity index (χ1) is 13.6. The molecule has 0 radical (unpaired) electrons. The summed E-state index contributed by atoms with van der Waals surface area (Å²) in [5, 5.41) is 10.9. The van der Waals surface area contributed by atoms with Gasteiger partial charge in [-0.1, -0.05) is 12.1 Å². The van der Waals surface area contributed by atoms with Crippen LogP contribution in [-0.4, -0.2) is 33.4 Å². The lowest BCUT2D eigenvalue weighted by atomic mass is 10.1. The van der Waals surface area contributed by atoms with E-state index >= 15 is 0 Å². The van der Waals surface area contributed by atoms with E-state index in [2.05, 4.69) is 20.7 Å². The topological polar surface area (TPSA) is 76.2 Å². The van der Waals surface area contributed by atoms with Crippen molar-refractivity contribution < 1.29 is 4.39 Å². The Morgan fingerprint density at radius 3 is 2.93 bits per heavy atom. The van der Waals surface area contributed by atoms with Crippen LogP contribution in [0.25, 0.3) is 0 Å². The zero-order valence-corrected chi connectivity index (χ0v) is 16.7. The Morgan fingerprint density at radius 1 is 1.32 bits per heavy atom. The molecule has 0 fully saturated rings. The largest absolute Gasteiger partial charge is 0.357 e. The lowest BCUT2D eigenvalue weighted by molar-refractivity contribution is 0.509. The van der Waals surface area contributed by atoms with E-state index in [0.29, 0.717) is 31.2 Å². The lowest BCUT2D eigenvalue weighted by Gasteiger charge is -2.11. The van der Waals surface area contributed by atoms with Gasteiger partial charge in [0.25, 0.3) is 0 Å². The summed E-state index contributed by atoms with van der Waals surface area (Å²) in [4.78, 5) is 16.9. The van der Waals surface area contributed by atoms with Gasteiger partial charge in [-0.2, -0.15) is 5.10 Å². The van der Waals surface area contributed by atoms with Gasteiger partial charge in [0.2, 0.25) is 0 Å². The number of nitrogens with one attached hydrogen (secondary N) is 2. The quantitative estimate of drug-likeness (QED) is 0.432. The Hall–Kier alpha value is -2.64. The molecule has 3 rings (SSSR count). The normalized spacial score (nSPS) is 14.0. The van der Waals surface area contributed by atoms with E-state index in [4.69, 9.17) is 0 Å². The average molecular weight is 388 g/mol. The average Bonchev–Trinajstić information content (AvgIpc) is 3.02. The molecule has 8 heteroatoms. The molecule has 2 aromatic rings. The molecule has 152 valence electrons. The molecule has 0 saturated carbocycles. The molecule has 0 aliphatic carbocycles. The number of benzene rings is 1. The summed E-state index contributed by atoms with van der Waals surface area (Å²) in [6.45, 7) is 7.04. The monoisotopic (exact) mass is 388 g/mol. The van der Waals surface area contributed by atoms with Gasteiger partial charge in [-0.25, -0.2) is 18.9 Å². The first-order valence-corrected chi connectivity index (χ1v) is 10.0. The molecule has 1 aromatic heterocycles. The predicted molar refractivity (Wildman–Crippen MR) is 108 cm³/mol. The number of fused-ring (bicyclic) bond motifs is 1. The van der Waals surface area contributed by atoms with Gasteiger partial charge >= 0.3 is 5.69 Å². The van der Waals surface area contributed by atoms with Crippen LogP contribution < -0.4 is 16.3 Å². The third-order valence-electron chi connectivity index (χ3n) is 4.86. The number of halogens is 1. The smallest absolute Gasteiger partial charge is 0.345 e. The lowest BCUT2D eigenvalue weighted by Crippen LogP contribution is -2.38. The van der Waals surface area contributed by atoms with Crippen molar-refractivity contribution in [3.05, 3.63) is 51.5 Å². The number of aliphatic imine (C=N–C) groups is 1. The molecule has 1 aliphatic rings. The van der Waals surface area contributed by atoms with Crippen molar-refractivity contribution in [2.45, 2.75) is 59.2 Å². The van der Waals surface area contributed by atoms with E-state index < -0.39 is 0 Å².